The van der Waals surface area contributed by atoms with Crippen LogP contribution in [0.3, 0.4) is 0 Å². The first kappa shape index (κ1) is 11.5. The van der Waals surface area contributed by atoms with E-state index in [1.165, 1.54) is 7.11 Å². The second-order valence-electron chi connectivity index (χ2n) is 2.85. The Morgan fingerprint density at radius 1 is 1.53 bits per heavy atom. The van der Waals surface area contributed by atoms with Crippen LogP contribution < -0.4 is 10.1 Å². The molecule has 1 heterocycles. The van der Waals surface area contributed by atoms with Crippen LogP contribution in [0, 0.1) is 0 Å². The predicted octanol–water partition coefficient (Wildman–Crippen LogP) is 0.353. The Morgan fingerprint density at radius 3 is 3.00 bits per heavy atom. The highest BCUT2D eigenvalue weighted by Gasteiger charge is 2.04. The van der Waals surface area contributed by atoms with Crippen molar-refractivity contribution in [3.8, 4) is 5.88 Å². The molecule has 0 aliphatic carbocycles. The number of aromatic nitrogens is 1. The van der Waals surface area contributed by atoms with Gasteiger partial charge in [0.2, 0.25) is 5.88 Å². The highest BCUT2D eigenvalue weighted by molar-refractivity contribution is 5.71. The van der Waals surface area contributed by atoms with Crippen molar-refractivity contribution in [3.05, 3.63) is 23.9 Å². The lowest BCUT2D eigenvalue weighted by atomic mass is 10.2. The smallest absolute Gasteiger partial charge is 0.319 e. The van der Waals surface area contributed by atoms with Crippen LogP contribution in [0.4, 0.5) is 0 Å². The average molecular weight is 210 g/mol. The molecule has 0 radical (unpaired) electrons. The zero-order chi connectivity index (χ0) is 11.1. The van der Waals surface area contributed by atoms with Gasteiger partial charge in [0.15, 0.2) is 0 Å². The molecule has 0 saturated heterocycles. The van der Waals surface area contributed by atoms with Crippen molar-refractivity contribution < 1.29 is 14.3 Å². The summed E-state index contributed by atoms with van der Waals surface area (Å²) in [5.41, 5.74) is 0.906. The molecule has 1 N–H and O–H groups in total. The van der Waals surface area contributed by atoms with Gasteiger partial charge in [-0.25, -0.2) is 4.98 Å². The van der Waals surface area contributed by atoms with Gasteiger partial charge in [0, 0.05) is 18.3 Å². The molecule has 0 aromatic carbocycles. The van der Waals surface area contributed by atoms with E-state index in [4.69, 9.17) is 4.74 Å². The summed E-state index contributed by atoms with van der Waals surface area (Å²) in [5.74, 6) is 0.271. The molecule has 15 heavy (non-hydrogen) atoms. The van der Waals surface area contributed by atoms with Gasteiger partial charge in [0.25, 0.3) is 0 Å². The fourth-order valence-corrected chi connectivity index (χ4v) is 1.11. The molecule has 1 aromatic rings. The molecule has 82 valence electrons. The van der Waals surface area contributed by atoms with Crippen LogP contribution in [0.5, 0.6) is 5.88 Å². The molecule has 0 aliphatic heterocycles. The second-order valence-corrected chi connectivity index (χ2v) is 2.85. The molecule has 5 heteroatoms. The molecular weight excluding hydrogens is 196 g/mol. The molecule has 0 bridgehead atoms. The van der Waals surface area contributed by atoms with Gasteiger partial charge in [0.1, 0.15) is 0 Å². The minimum absolute atomic E-state index is 0.175. The fraction of sp³-hybridized carbons (Fsp3) is 0.400. The molecule has 0 spiro atoms. The number of esters is 1. The van der Waals surface area contributed by atoms with Crippen LogP contribution in [-0.4, -0.2) is 31.7 Å². The number of carbonyl (C=O) groups is 1. The van der Waals surface area contributed by atoms with Gasteiger partial charge in [-0.3, -0.25) is 4.79 Å². The maximum atomic E-state index is 10.8. The van der Waals surface area contributed by atoms with E-state index in [1.54, 1.807) is 13.3 Å². The first-order chi connectivity index (χ1) is 7.27. The molecule has 1 aromatic heterocycles. The van der Waals surface area contributed by atoms with E-state index < -0.39 is 0 Å². The number of pyridine rings is 1. The Morgan fingerprint density at radius 2 is 2.33 bits per heavy atom. The van der Waals surface area contributed by atoms with Crippen LogP contribution in [0.25, 0.3) is 0 Å². The van der Waals surface area contributed by atoms with E-state index in [-0.39, 0.29) is 12.5 Å². The molecule has 0 unspecified atom stereocenters. The standard InChI is InChI=1S/C10H14N2O3/c1-14-9(13)7-11-6-8-4-3-5-12-10(8)15-2/h3-5,11H,6-7H2,1-2H3. The van der Waals surface area contributed by atoms with Crippen molar-refractivity contribution in [3.63, 3.8) is 0 Å². The van der Waals surface area contributed by atoms with Crippen LogP contribution >= 0.6 is 0 Å². The van der Waals surface area contributed by atoms with Crippen LogP contribution in [0.1, 0.15) is 5.56 Å². The zero-order valence-corrected chi connectivity index (χ0v) is 8.82. The van der Waals surface area contributed by atoms with E-state index in [0.717, 1.165) is 5.56 Å². The van der Waals surface area contributed by atoms with E-state index in [2.05, 4.69) is 15.0 Å². The molecule has 5 nitrogen and oxygen atoms in total. The summed E-state index contributed by atoms with van der Waals surface area (Å²) in [5, 5.41) is 2.93. The molecule has 0 fully saturated rings. The Kier molecular flexibility index (Phi) is 4.56. The Bertz CT molecular complexity index is 328. The summed E-state index contributed by atoms with van der Waals surface area (Å²) in [4.78, 5) is 14.9. The lowest BCUT2D eigenvalue weighted by molar-refractivity contribution is -0.139. The third kappa shape index (κ3) is 3.55. The monoisotopic (exact) mass is 210 g/mol. The summed E-state index contributed by atoms with van der Waals surface area (Å²) < 4.78 is 9.56. The Hall–Kier alpha value is -1.62. The summed E-state index contributed by atoms with van der Waals surface area (Å²) in [6.07, 6.45) is 1.66. The van der Waals surface area contributed by atoms with Crippen molar-refractivity contribution in [1.29, 1.82) is 0 Å². The predicted molar refractivity (Wildman–Crippen MR) is 54.5 cm³/mol. The number of nitrogens with one attached hydrogen (secondary N) is 1. The number of ether oxygens (including phenoxy) is 2. The summed E-state index contributed by atoms with van der Waals surface area (Å²) in [7, 11) is 2.92. The number of hydrogen-bond acceptors (Lipinski definition) is 5. The van der Waals surface area contributed by atoms with Crippen molar-refractivity contribution >= 4 is 5.97 Å². The highest BCUT2D eigenvalue weighted by atomic mass is 16.5. The highest BCUT2D eigenvalue weighted by Crippen LogP contribution is 2.12. The maximum absolute atomic E-state index is 10.8. The van der Waals surface area contributed by atoms with Gasteiger partial charge in [-0.15, -0.1) is 0 Å². The van der Waals surface area contributed by atoms with Gasteiger partial charge < -0.3 is 14.8 Å². The van der Waals surface area contributed by atoms with E-state index >= 15 is 0 Å². The maximum Gasteiger partial charge on any atom is 0.319 e. The average Bonchev–Trinajstić information content (AvgIpc) is 2.29. The number of rotatable bonds is 5. The number of hydrogen-bond donors (Lipinski definition) is 1. The largest absolute Gasteiger partial charge is 0.481 e. The molecule has 0 aliphatic rings. The Labute approximate surface area is 88.4 Å². The fourth-order valence-electron chi connectivity index (χ4n) is 1.11. The Balaban J connectivity index is 2.46. The van der Waals surface area contributed by atoms with Gasteiger partial charge in [-0.2, -0.15) is 0 Å². The SMILES string of the molecule is COC(=O)CNCc1cccnc1OC. The summed E-state index contributed by atoms with van der Waals surface area (Å²) in [6, 6.07) is 3.70. The number of carbonyl (C=O) groups excluding carboxylic acids is 1. The van der Waals surface area contributed by atoms with Gasteiger partial charge in [0.05, 0.1) is 20.8 Å². The topological polar surface area (TPSA) is 60.5 Å². The molecule has 1 rings (SSSR count). The van der Waals surface area contributed by atoms with E-state index in [1.807, 2.05) is 12.1 Å². The first-order valence-corrected chi connectivity index (χ1v) is 4.53. The van der Waals surface area contributed by atoms with Crippen LogP contribution in [0.15, 0.2) is 18.3 Å². The quantitative estimate of drug-likeness (QED) is 0.711. The number of nitrogens with zero attached hydrogens (tertiary/aromatic N) is 1. The van der Waals surface area contributed by atoms with Crippen LogP contribution in [-0.2, 0) is 16.1 Å². The lowest BCUT2D eigenvalue weighted by Gasteiger charge is -2.07. The molecular formula is C10H14N2O3. The molecule has 0 atom stereocenters. The first-order valence-electron chi connectivity index (χ1n) is 4.53. The van der Waals surface area contributed by atoms with E-state index in [9.17, 15) is 4.79 Å². The lowest BCUT2D eigenvalue weighted by Crippen LogP contribution is -2.23. The minimum atomic E-state index is -0.294. The minimum Gasteiger partial charge on any atom is -0.481 e. The summed E-state index contributed by atoms with van der Waals surface area (Å²) in [6.45, 7) is 0.695. The van der Waals surface area contributed by atoms with E-state index in [0.29, 0.717) is 12.4 Å². The van der Waals surface area contributed by atoms with Crippen molar-refractivity contribution in [1.82, 2.24) is 10.3 Å². The van der Waals surface area contributed by atoms with Crippen molar-refractivity contribution in [2.24, 2.45) is 0 Å². The third-order valence-corrected chi connectivity index (χ3v) is 1.86. The number of methoxy groups -OCH3 is 2. The third-order valence-electron chi connectivity index (χ3n) is 1.86. The summed E-state index contributed by atoms with van der Waals surface area (Å²) >= 11 is 0. The second kappa shape index (κ2) is 5.98. The van der Waals surface area contributed by atoms with Crippen molar-refractivity contribution in [2.75, 3.05) is 20.8 Å². The van der Waals surface area contributed by atoms with Crippen LogP contribution in [0.2, 0.25) is 0 Å². The van der Waals surface area contributed by atoms with Crippen molar-refractivity contribution in [2.45, 2.75) is 6.54 Å². The molecule has 0 saturated carbocycles. The van der Waals surface area contributed by atoms with Gasteiger partial charge in [-0.1, -0.05) is 6.07 Å². The van der Waals surface area contributed by atoms with Gasteiger partial charge in [-0.05, 0) is 6.07 Å². The normalized spacial score (nSPS) is 9.73. The van der Waals surface area contributed by atoms with Gasteiger partial charge >= 0.3 is 5.97 Å². The zero-order valence-electron chi connectivity index (χ0n) is 8.82. The molecule has 0 amide bonds.